The molecule has 1 aromatic carbocycles. The van der Waals surface area contributed by atoms with Gasteiger partial charge in [0.05, 0.1) is 26.2 Å². The van der Waals surface area contributed by atoms with Gasteiger partial charge in [-0.2, -0.15) is 0 Å². The third-order valence-electron chi connectivity index (χ3n) is 3.35. The minimum absolute atomic E-state index is 0.0842. The highest BCUT2D eigenvalue weighted by Gasteiger charge is 2.28. The molecule has 0 aliphatic carbocycles. The van der Waals surface area contributed by atoms with E-state index in [1.807, 2.05) is 24.3 Å². The van der Waals surface area contributed by atoms with Gasteiger partial charge in [0.25, 0.3) is 0 Å². The van der Waals surface area contributed by atoms with E-state index in [1.54, 1.807) is 12.0 Å². The summed E-state index contributed by atoms with van der Waals surface area (Å²) in [7, 11) is 1.62. The number of morpholine rings is 1. The van der Waals surface area contributed by atoms with E-state index in [2.05, 4.69) is 0 Å². The second-order valence-corrected chi connectivity index (χ2v) is 4.97. The van der Waals surface area contributed by atoms with Gasteiger partial charge in [0.15, 0.2) is 6.10 Å². The third kappa shape index (κ3) is 4.27. The molecule has 1 fully saturated rings. The molecule has 0 bridgehead atoms. The highest BCUT2D eigenvalue weighted by molar-refractivity contribution is 5.80. The third-order valence-corrected chi connectivity index (χ3v) is 3.35. The van der Waals surface area contributed by atoms with Crippen molar-refractivity contribution in [3.63, 3.8) is 0 Å². The molecular formula is C15H19NO5. The Kier molecular flexibility index (Phi) is 5.30. The highest BCUT2D eigenvalue weighted by Crippen LogP contribution is 2.11. The largest absolute Gasteiger partial charge is 0.479 e. The number of hydrogen-bond donors (Lipinski definition) is 1. The lowest BCUT2D eigenvalue weighted by Crippen LogP contribution is -2.49. The number of hydrogen-bond acceptors (Lipinski definition) is 4. The van der Waals surface area contributed by atoms with Gasteiger partial charge in [-0.25, -0.2) is 4.79 Å². The molecule has 6 nitrogen and oxygen atoms in total. The van der Waals surface area contributed by atoms with E-state index in [1.165, 1.54) is 0 Å². The topological polar surface area (TPSA) is 76.1 Å². The standard InChI is InChI=1S/C15H19NO5/c1-20-10-12-4-2-3-11(7-12)8-14(17)16-5-6-21-13(9-16)15(18)19/h2-4,7,13H,5-6,8-10H2,1H3,(H,18,19). The molecule has 21 heavy (non-hydrogen) atoms. The Morgan fingerprint density at radius 2 is 2.19 bits per heavy atom. The van der Waals surface area contributed by atoms with Crippen molar-refractivity contribution < 1.29 is 24.2 Å². The lowest BCUT2D eigenvalue weighted by Gasteiger charge is -2.31. The lowest BCUT2D eigenvalue weighted by atomic mass is 10.1. The van der Waals surface area contributed by atoms with Gasteiger partial charge >= 0.3 is 5.97 Å². The molecule has 0 saturated carbocycles. The fourth-order valence-corrected chi connectivity index (χ4v) is 2.31. The van der Waals surface area contributed by atoms with Gasteiger partial charge in [0.2, 0.25) is 5.91 Å². The highest BCUT2D eigenvalue weighted by atomic mass is 16.5. The van der Waals surface area contributed by atoms with Crippen LogP contribution in [-0.4, -0.2) is 54.8 Å². The Hall–Kier alpha value is -1.92. The predicted octanol–water partition coefficient (Wildman–Crippen LogP) is 0.687. The van der Waals surface area contributed by atoms with Crippen molar-refractivity contribution in [3.8, 4) is 0 Å². The van der Waals surface area contributed by atoms with Crippen LogP contribution in [0.3, 0.4) is 0 Å². The molecular weight excluding hydrogens is 274 g/mol. The molecule has 1 saturated heterocycles. The van der Waals surface area contributed by atoms with Crippen LogP contribution in [0.25, 0.3) is 0 Å². The van der Waals surface area contributed by atoms with Crippen molar-refractivity contribution in [3.05, 3.63) is 35.4 Å². The Balaban J connectivity index is 1.97. The Morgan fingerprint density at radius 3 is 2.90 bits per heavy atom. The van der Waals surface area contributed by atoms with Crippen molar-refractivity contribution in [2.24, 2.45) is 0 Å². The maximum Gasteiger partial charge on any atom is 0.334 e. The molecule has 1 aliphatic rings. The molecule has 1 atom stereocenters. The first-order chi connectivity index (χ1) is 10.1. The second kappa shape index (κ2) is 7.19. The maximum absolute atomic E-state index is 12.3. The summed E-state index contributed by atoms with van der Waals surface area (Å²) in [5, 5.41) is 8.95. The summed E-state index contributed by atoms with van der Waals surface area (Å²) >= 11 is 0. The van der Waals surface area contributed by atoms with Crippen LogP contribution in [-0.2, 0) is 32.1 Å². The van der Waals surface area contributed by atoms with Crippen molar-refractivity contribution in [1.29, 1.82) is 0 Å². The summed E-state index contributed by atoms with van der Waals surface area (Å²) in [6.45, 7) is 1.29. The van der Waals surface area contributed by atoms with Crippen LogP contribution in [0.4, 0.5) is 0 Å². The molecule has 2 rings (SSSR count). The Bertz CT molecular complexity index is 517. The number of rotatable bonds is 5. The monoisotopic (exact) mass is 293 g/mol. The number of methoxy groups -OCH3 is 1. The minimum Gasteiger partial charge on any atom is -0.479 e. The summed E-state index contributed by atoms with van der Waals surface area (Å²) in [6.07, 6.45) is -0.674. The van der Waals surface area contributed by atoms with Gasteiger partial charge < -0.3 is 19.5 Å². The number of ether oxygens (including phenoxy) is 2. The molecule has 1 aliphatic heterocycles. The lowest BCUT2D eigenvalue weighted by molar-refractivity contribution is -0.159. The van der Waals surface area contributed by atoms with Gasteiger partial charge in [-0.1, -0.05) is 24.3 Å². The van der Waals surface area contributed by atoms with Crippen molar-refractivity contribution >= 4 is 11.9 Å². The predicted molar refractivity (Wildman–Crippen MR) is 74.8 cm³/mol. The van der Waals surface area contributed by atoms with Gasteiger partial charge in [-0.15, -0.1) is 0 Å². The fourth-order valence-electron chi connectivity index (χ4n) is 2.31. The molecule has 114 valence electrons. The van der Waals surface area contributed by atoms with E-state index in [9.17, 15) is 9.59 Å². The van der Waals surface area contributed by atoms with Gasteiger partial charge in [-0.05, 0) is 11.1 Å². The minimum atomic E-state index is -1.03. The zero-order valence-corrected chi connectivity index (χ0v) is 11.9. The van der Waals surface area contributed by atoms with Crippen LogP contribution in [0.15, 0.2) is 24.3 Å². The maximum atomic E-state index is 12.3. The number of aliphatic carboxylic acids is 1. The SMILES string of the molecule is COCc1cccc(CC(=O)N2CCOC(C(=O)O)C2)c1. The number of nitrogens with zero attached hydrogens (tertiary/aromatic N) is 1. The molecule has 1 N–H and O–H groups in total. The number of carbonyl (C=O) groups is 2. The fraction of sp³-hybridized carbons (Fsp3) is 0.467. The van der Waals surface area contributed by atoms with Gasteiger partial charge in [0, 0.05) is 13.7 Å². The molecule has 6 heteroatoms. The Labute approximate surface area is 123 Å². The van der Waals surface area contributed by atoms with Crippen molar-refractivity contribution in [1.82, 2.24) is 4.90 Å². The van der Waals surface area contributed by atoms with Crippen LogP contribution in [0.2, 0.25) is 0 Å². The number of amides is 1. The smallest absolute Gasteiger partial charge is 0.334 e. The number of carboxylic acids is 1. The number of carbonyl (C=O) groups excluding carboxylic acids is 1. The second-order valence-electron chi connectivity index (χ2n) is 4.97. The number of carboxylic acid groups (broad SMARTS) is 1. The average Bonchev–Trinajstić information content (AvgIpc) is 2.48. The van der Waals surface area contributed by atoms with E-state index in [0.29, 0.717) is 13.2 Å². The molecule has 0 aromatic heterocycles. The van der Waals surface area contributed by atoms with Crippen LogP contribution < -0.4 is 0 Å². The normalized spacial score (nSPS) is 18.5. The molecule has 0 radical (unpaired) electrons. The quantitative estimate of drug-likeness (QED) is 0.864. The van der Waals surface area contributed by atoms with E-state index in [4.69, 9.17) is 14.6 Å². The summed E-state index contributed by atoms with van der Waals surface area (Å²) in [5.74, 6) is -1.12. The Morgan fingerprint density at radius 1 is 1.43 bits per heavy atom. The summed E-state index contributed by atoms with van der Waals surface area (Å²) in [5.41, 5.74) is 1.90. The van der Waals surface area contributed by atoms with Crippen LogP contribution in [0.1, 0.15) is 11.1 Å². The van der Waals surface area contributed by atoms with Gasteiger partial charge in [0.1, 0.15) is 0 Å². The molecule has 1 amide bonds. The average molecular weight is 293 g/mol. The van der Waals surface area contributed by atoms with Gasteiger partial charge in [-0.3, -0.25) is 4.79 Å². The first-order valence-electron chi connectivity index (χ1n) is 6.79. The van der Waals surface area contributed by atoms with E-state index in [0.717, 1.165) is 11.1 Å². The summed E-state index contributed by atoms with van der Waals surface area (Å²) in [4.78, 5) is 24.7. The van der Waals surface area contributed by atoms with Crippen molar-refractivity contribution in [2.45, 2.75) is 19.1 Å². The first-order valence-corrected chi connectivity index (χ1v) is 6.79. The number of benzene rings is 1. The van der Waals surface area contributed by atoms with Crippen LogP contribution >= 0.6 is 0 Å². The zero-order valence-electron chi connectivity index (χ0n) is 11.9. The zero-order chi connectivity index (χ0) is 15.2. The molecule has 0 spiro atoms. The molecule has 1 heterocycles. The summed E-state index contributed by atoms with van der Waals surface area (Å²) < 4.78 is 10.2. The van der Waals surface area contributed by atoms with Crippen molar-refractivity contribution in [2.75, 3.05) is 26.8 Å². The van der Waals surface area contributed by atoms with Crippen LogP contribution in [0.5, 0.6) is 0 Å². The van der Waals surface area contributed by atoms with E-state index < -0.39 is 12.1 Å². The summed E-state index contributed by atoms with van der Waals surface area (Å²) in [6, 6.07) is 7.63. The first kappa shape index (κ1) is 15.5. The van der Waals surface area contributed by atoms with E-state index >= 15 is 0 Å². The molecule has 1 aromatic rings. The molecule has 1 unspecified atom stereocenters. The van der Waals surface area contributed by atoms with E-state index in [-0.39, 0.29) is 25.5 Å². The van der Waals surface area contributed by atoms with Crippen LogP contribution in [0, 0.1) is 0 Å².